The molecule has 0 saturated carbocycles. The molecular formula is C11H11BrF5NO. The molecule has 1 N–H and O–H groups in total. The van der Waals surface area contributed by atoms with Gasteiger partial charge in [0, 0.05) is 19.2 Å². The molecule has 2 nitrogen and oxygen atoms in total. The van der Waals surface area contributed by atoms with Crippen LogP contribution in [0.5, 0.6) is 0 Å². The van der Waals surface area contributed by atoms with Crippen LogP contribution in [0.25, 0.3) is 0 Å². The summed E-state index contributed by atoms with van der Waals surface area (Å²) >= 11 is 2.90. The van der Waals surface area contributed by atoms with Crippen LogP contribution in [0.4, 0.5) is 27.6 Å². The van der Waals surface area contributed by atoms with Gasteiger partial charge >= 0.3 is 6.18 Å². The number of rotatable bonds is 6. The Morgan fingerprint density at radius 2 is 1.84 bits per heavy atom. The van der Waals surface area contributed by atoms with Crippen LogP contribution in [-0.2, 0) is 4.74 Å². The van der Waals surface area contributed by atoms with Gasteiger partial charge in [-0.2, -0.15) is 13.2 Å². The van der Waals surface area contributed by atoms with E-state index in [0.29, 0.717) is 6.07 Å². The van der Waals surface area contributed by atoms with Crippen LogP contribution in [0.1, 0.15) is 6.42 Å². The number of benzene rings is 1. The molecule has 0 bridgehead atoms. The molecule has 0 aliphatic carbocycles. The minimum atomic E-state index is -4.35. The number of anilines is 1. The minimum Gasteiger partial charge on any atom is -0.383 e. The average Bonchev–Trinajstić information content (AvgIpc) is 2.28. The van der Waals surface area contributed by atoms with Crippen molar-refractivity contribution in [2.75, 3.05) is 25.1 Å². The van der Waals surface area contributed by atoms with E-state index in [4.69, 9.17) is 0 Å². The van der Waals surface area contributed by atoms with E-state index in [1.165, 1.54) is 6.07 Å². The summed E-state index contributed by atoms with van der Waals surface area (Å²) in [6.07, 6.45) is -4.08. The van der Waals surface area contributed by atoms with E-state index in [1.54, 1.807) is 0 Å². The van der Waals surface area contributed by atoms with Gasteiger partial charge in [0.05, 0.1) is 10.2 Å². The van der Waals surface area contributed by atoms with E-state index in [2.05, 4.69) is 26.0 Å². The van der Waals surface area contributed by atoms with Crippen LogP contribution in [-0.4, -0.2) is 25.9 Å². The van der Waals surface area contributed by atoms with E-state index < -0.39 is 24.4 Å². The molecule has 0 saturated heterocycles. The first kappa shape index (κ1) is 16.2. The second-order valence-electron chi connectivity index (χ2n) is 3.69. The third kappa shape index (κ3) is 6.20. The van der Waals surface area contributed by atoms with Gasteiger partial charge in [-0.3, -0.25) is 0 Å². The smallest absolute Gasteiger partial charge is 0.383 e. The number of hydrogen-bond acceptors (Lipinski definition) is 2. The fourth-order valence-electron chi connectivity index (χ4n) is 1.24. The van der Waals surface area contributed by atoms with Gasteiger partial charge in [0.1, 0.15) is 18.2 Å². The molecule has 8 heteroatoms. The van der Waals surface area contributed by atoms with Crippen molar-refractivity contribution in [1.82, 2.24) is 0 Å². The number of hydrogen-bond donors (Lipinski definition) is 1. The summed E-state index contributed by atoms with van der Waals surface area (Å²) < 4.78 is 65.9. The van der Waals surface area contributed by atoms with Gasteiger partial charge < -0.3 is 10.1 Å². The third-order valence-corrected chi connectivity index (χ3v) is 2.66. The van der Waals surface area contributed by atoms with Gasteiger partial charge in [0.15, 0.2) is 0 Å². The fraction of sp³-hybridized carbons (Fsp3) is 0.455. The number of ether oxygens (including phenoxy) is 1. The first-order chi connectivity index (χ1) is 8.79. The summed E-state index contributed by atoms with van der Waals surface area (Å²) in [4.78, 5) is 0. The molecule has 19 heavy (non-hydrogen) atoms. The van der Waals surface area contributed by atoms with Crippen LogP contribution in [0.15, 0.2) is 16.6 Å². The van der Waals surface area contributed by atoms with Crippen molar-refractivity contribution >= 4 is 21.6 Å². The summed E-state index contributed by atoms with van der Waals surface area (Å²) in [5.74, 6) is -1.49. The Bertz CT molecular complexity index is 424. The van der Waals surface area contributed by atoms with Gasteiger partial charge in [-0.15, -0.1) is 0 Å². The van der Waals surface area contributed by atoms with E-state index in [-0.39, 0.29) is 29.7 Å². The van der Waals surface area contributed by atoms with Crippen LogP contribution in [0.2, 0.25) is 0 Å². The lowest BCUT2D eigenvalue weighted by Crippen LogP contribution is -2.18. The molecule has 0 atom stereocenters. The molecule has 0 amide bonds. The van der Waals surface area contributed by atoms with Crippen LogP contribution >= 0.6 is 15.9 Å². The van der Waals surface area contributed by atoms with Gasteiger partial charge in [-0.05, 0) is 28.4 Å². The number of halogens is 6. The maximum atomic E-state index is 13.3. The predicted molar refractivity (Wildman–Crippen MR) is 64.0 cm³/mol. The molecule has 0 aliphatic rings. The van der Waals surface area contributed by atoms with Gasteiger partial charge in [0.2, 0.25) is 0 Å². The topological polar surface area (TPSA) is 21.3 Å². The third-order valence-electron chi connectivity index (χ3n) is 2.06. The summed E-state index contributed by atoms with van der Waals surface area (Å²) in [5.41, 5.74) is 0.0732. The molecule has 0 radical (unpaired) electrons. The first-order valence-corrected chi connectivity index (χ1v) is 6.12. The molecule has 0 aliphatic heterocycles. The van der Waals surface area contributed by atoms with Crippen molar-refractivity contribution in [2.24, 2.45) is 0 Å². The van der Waals surface area contributed by atoms with Gasteiger partial charge in [-0.25, -0.2) is 8.78 Å². The molecule has 1 rings (SSSR count). The largest absolute Gasteiger partial charge is 0.411 e. The Kier molecular flexibility index (Phi) is 5.99. The molecule has 108 valence electrons. The molecule has 0 unspecified atom stereocenters. The SMILES string of the molecule is Fc1cc(F)c(NCCCOCC(F)(F)F)cc1Br. The summed E-state index contributed by atoms with van der Waals surface area (Å²) in [6, 6.07) is 1.94. The van der Waals surface area contributed by atoms with Crippen LogP contribution in [0, 0.1) is 11.6 Å². The van der Waals surface area contributed by atoms with Gasteiger partial charge in [-0.1, -0.05) is 0 Å². The van der Waals surface area contributed by atoms with Crippen molar-refractivity contribution in [3.8, 4) is 0 Å². The molecule has 1 aromatic rings. The molecule has 0 spiro atoms. The normalized spacial score (nSPS) is 11.7. The van der Waals surface area contributed by atoms with Crippen molar-refractivity contribution in [1.29, 1.82) is 0 Å². The Morgan fingerprint density at radius 3 is 2.47 bits per heavy atom. The second-order valence-corrected chi connectivity index (χ2v) is 4.55. The molecule has 1 aromatic carbocycles. The quantitative estimate of drug-likeness (QED) is 0.475. The van der Waals surface area contributed by atoms with Crippen molar-refractivity contribution in [3.63, 3.8) is 0 Å². The maximum absolute atomic E-state index is 13.3. The van der Waals surface area contributed by atoms with E-state index >= 15 is 0 Å². The molecule has 0 fully saturated rings. The lowest BCUT2D eigenvalue weighted by Gasteiger charge is -2.10. The Labute approximate surface area is 115 Å². The maximum Gasteiger partial charge on any atom is 0.411 e. The predicted octanol–water partition coefficient (Wildman–Crippen LogP) is 4.11. The van der Waals surface area contributed by atoms with E-state index in [0.717, 1.165) is 0 Å². The highest BCUT2D eigenvalue weighted by atomic mass is 79.9. The Morgan fingerprint density at radius 1 is 1.16 bits per heavy atom. The monoisotopic (exact) mass is 347 g/mol. The zero-order valence-electron chi connectivity index (χ0n) is 9.66. The van der Waals surface area contributed by atoms with Crippen molar-refractivity contribution in [2.45, 2.75) is 12.6 Å². The summed E-state index contributed by atoms with van der Waals surface area (Å²) in [7, 11) is 0. The number of nitrogens with one attached hydrogen (secondary N) is 1. The van der Waals surface area contributed by atoms with Crippen LogP contribution < -0.4 is 5.32 Å². The highest BCUT2D eigenvalue weighted by Crippen LogP contribution is 2.23. The second kappa shape index (κ2) is 7.04. The highest BCUT2D eigenvalue weighted by Gasteiger charge is 2.27. The minimum absolute atomic E-state index is 0.0732. The standard InChI is InChI=1S/C11H11BrF5NO/c12-7-4-10(9(14)5-8(7)13)18-2-1-3-19-6-11(15,16)17/h4-5,18H,1-3,6H2. The molecular weight excluding hydrogens is 337 g/mol. The van der Waals surface area contributed by atoms with Crippen LogP contribution in [0.3, 0.4) is 0 Å². The fourth-order valence-corrected chi connectivity index (χ4v) is 1.59. The summed E-state index contributed by atoms with van der Waals surface area (Å²) in [5, 5.41) is 2.65. The van der Waals surface area contributed by atoms with Crippen molar-refractivity contribution in [3.05, 3.63) is 28.2 Å². The lowest BCUT2D eigenvalue weighted by molar-refractivity contribution is -0.173. The number of alkyl halides is 3. The zero-order chi connectivity index (χ0) is 14.5. The van der Waals surface area contributed by atoms with Gasteiger partial charge in [0.25, 0.3) is 0 Å². The zero-order valence-corrected chi connectivity index (χ0v) is 11.2. The van der Waals surface area contributed by atoms with E-state index in [1.807, 2.05) is 0 Å². The Balaban J connectivity index is 2.28. The molecule has 0 aromatic heterocycles. The lowest BCUT2D eigenvalue weighted by atomic mass is 10.3. The first-order valence-electron chi connectivity index (χ1n) is 5.32. The van der Waals surface area contributed by atoms with E-state index in [9.17, 15) is 22.0 Å². The summed E-state index contributed by atoms with van der Waals surface area (Å²) in [6.45, 7) is -1.19. The Hall–Kier alpha value is -0.890. The average molecular weight is 348 g/mol. The van der Waals surface area contributed by atoms with Crippen molar-refractivity contribution < 1.29 is 26.7 Å². The molecule has 0 heterocycles. The highest BCUT2D eigenvalue weighted by molar-refractivity contribution is 9.10.